The van der Waals surface area contributed by atoms with E-state index in [1.165, 1.54) is 12.8 Å². The third kappa shape index (κ3) is 4.80. The van der Waals surface area contributed by atoms with E-state index in [1.54, 1.807) is 0 Å². The molecule has 0 aromatic carbocycles. The van der Waals surface area contributed by atoms with Gasteiger partial charge in [-0.1, -0.05) is 27.2 Å². The molecule has 0 saturated carbocycles. The van der Waals surface area contributed by atoms with Crippen LogP contribution in [0, 0.1) is 5.41 Å². The third-order valence-electron chi connectivity index (χ3n) is 1.92. The average Bonchev–Trinajstić information content (AvgIpc) is 1.84. The predicted molar refractivity (Wildman–Crippen MR) is 43.5 cm³/mol. The molecule has 0 unspecified atom stereocenters. The predicted octanol–water partition coefficient (Wildman–Crippen LogP) is 3.02. The first-order valence-corrected chi connectivity index (χ1v) is 4.20. The van der Waals surface area contributed by atoms with Crippen molar-refractivity contribution in [3.8, 4) is 0 Å². The summed E-state index contributed by atoms with van der Waals surface area (Å²) in [6, 6.07) is 0. The van der Waals surface area contributed by atoms with Gasteiger partial charge in [0.1, 0.15) is 0 Å². The van der Waals surface area contributed by atoms with E-state index in [4.69, 9.17) is 0 Å². The van der Waals surface area contributed by atoms with Gasteiger partial charge in [0, 0.05) is 0 Å². The Labute approximate surface area is 64.5 Å². The van der Waals surface area contributed by atoms with E-state index in [-0.39, 0.29) is 6.61 Å². The minimum atomic E-state index is 0.0904. The van der Waals surface area contributed by atoms with Crippen LogP contribution in [0.25, 0.3) is 0 Å². The largest absolute Gasteiger partial charge is 0.237 e. The minimum absolute atomic E-state index is 0.0904. The molecule has 0 rings (SSSR count). The molecule has 0 N–H and O–H groups in total. The van der Waals surface area contributed by atoms with E-state index in [2.05, 4.69) is 20.8 Å². The van der Waals surface area contributed by atoms with E-state index in [0.717, 1.165) is 12.8 Å². The average molecular weight is 143 g/mol. The van der Waals surface area contributed by atoms with Crippen LogP contribution in [0.4, 0.5) is 0 Å². The summed E-state index contributed by atoms with van der Waals surface area (Å²) < 4.78 is 0. The number of hydrogen-bond acceptors (Lipinski definition) is 0. The first-order chi connectivity index (χ1) is 4.62. The highest BCUT2D eigenvalue weighted by Crippen LogP contribution is 2.27. The molecule has 1 nitrogen and oxygen atoms in total. The fourth-order valence-corrected chi connectivity index (χ4v) is 1.35. The molecule has 0 aliphatic heterocycles. The van der Waals surface area contributed by atoms with Crippen LogP contribution in [0.15, 0.2) is 0 Å². The lowest BCUT2D eigenvalue weighted by atomic mass is 9.84. The van der Waals surface area contributed by atoms with E-state index >= 15 is 0 Å². The quantitative estimate of drug-likeness (QED) is 0.563. The van der Waals surface area contributed by atoms with Crippen LogP contribution in [-0.2, 0) is 5.11 Å². The lowest BCUT2D eigenvalue weighted by Gasteiger charge is -2.22. The Hall–Kier alpha value is -0.0400. The summed E-state index contributed by atoms with van der Waals surface area (Å²) in [5.74, 6) is 0. The zero-order chi connectivity index (χ0) is 8.04. The van der Waals surface area contributed by atoms with Crippen LogP contribution >= 0.6 is 0 Å². The van der Waals surface area contributed by atoms with Crippen LogP contribution in [0.1, 0.15) is 46.5 Å². The summed E-state index contributed by atoms with van der Waals surface area (Å²) in [6.07, 6.45) is 4.40. The van der Waals surface area contributed by atoms with Gasteiger partial charge in [-0.2, -0.15) is 0 Å². The molecule has 0 bridgehead atoms. The molecule has 1 heteroatoms. The van der Waals surface area contributed by atoms with Crippen molar-refractivity contribution in [3.63, 3.8) is 0 Å². The molecule has 0 saturated heterocycles. The molecule has 0 aliphatic carbocycles. The summed E-state index contributed by atoms with van der Waals surface area (Å²) in [4.78, 5) is 0. The van der Waals surface area contributed by atoms with Gasteiger partial charge in [0.25, 0.3) is 0 Å². The fraction of sp³-hybridized carbons (Fsp3) is 1.00. The van der Waals surface area contributed by atoms with Crippen molar-refractivity contribution in [2.75, 3.05) is 6.61 Å². The van der Waals surface area contributed by atoms with Crippen molar-refractivity contribution in [1.82, 2.24) is 0 Å². The van der Waals surface area contributed by atoms with Gasteiger partial charge in [0.2, 0.25) is 0 Å². The second-order valence-corrected chi connectivity index (χ2v) is 3.72. The Morgan fingerprint density at radius 3 is 2.20 bits per heavy atom. The van der Waals surface area contributed by atoms with Crippen LogP contribution in [0.3, 0.4) is 0 Å². The zero-order valence-electron chi connectivity index (χ0n) is 7.44. The molecule has 0 aromatic heterocycles. The number of rotatable bonds is 5. The smallest absolute Gasteiger partial charge is 0.0822 e. The standard InChI is InChI=1S/C9H19O/c1-4-6-9(2,3)7-5-8-10/h4-8H2,1-3H3. The van der Waals surface area contributed by atoms with Gasteiger partial charge >= 0.3 is 0 Å². The highest BCUT2D eigenvalue weighted by molar-refractivity contribution is 4.66. The van der Waals surface area contributed by atoms with Crippen molar-refractivity contribution in [3.05, 3.63) is 0 Å². The lowest BCUT2D eigenvalue weighted by Crippen LogP contribution is -2.10. The topological polar surface area (TPSA) is 19.9 Å². The Kier molecular flexibility index (Phi) is 4.71. The number of hydrogen-bond donors (Lipinski definition) is 0. The highest BCUT2D eigenvalue weighted by atomic mass is 16.2. The second-order valence-electron chi connectivity index (χ2n) is 3.72. The summed E-state index contributed by atoms with van der Waals surface area (Å²) in [7, 11) is 0. The third-order valence-corrected chi connectivity index (χ3v) is 1.92. The maximum absolute atomic E-state index is 10.2. The molecule has 0 aromatic rings. The fourth-order valence-electron chi connectivity index (χ4n) is 1.35. The Balaban J connectivity index is 3.42. The van der Waals surface area contributed by atoms with Crippen molar-refractivity contribution in [2.24, 2.45) is 5.41 Å². The van der Waals surface area contributed by atoms with Crippen molar-refractivity contribution >= 4 is 0 Å². The van der Waals surface area contributed by atoms with Gasteiger partial charge in [0.05, 0.1) is 6.61 Å². The molecule has 1 radical (unpaired) electrons. The first kappa shape index (κ1) is 9.96. The Bertz CT molecular complexity index is 76.8. The van der Waals surface area contributed by atoms with Crippen LogP contribution in [0.5, 0.6) is 0 Å². The van der Waals surface area contributed by atoms with Gasteiger partial charge in [0.15, 0.2) is 0 Å². The molecule has 10 heavy (non-hydrogen) atoms. The maximum atomic E-state index is 10.2. The van der Waals surface area contributed by atoms with Crippen LogP contribution < -0.4 is 0 Å². The van der Waals surface area contributed by atoms with Crippen molar-refractivity contribution < 1.29 is 5.11 Å². The van der Waals surface area contributed by atoms with Crippen molar-refractivity contribution in [1.29, 1.82) is 0 Å². The molecular weight excluding hydrogens is 124 g/mol. The normalized spacial score (nSPS) is 12.0. The van der Waals surface area contributed by atoms with Gasteiger partial charge < -0.3 is 0 Å². The van der Waals surface area contributed by atoms with E-state index in [1.807, 2.05) is 0 Å². The minimum Gasteiger partial charge on any atom is -0.237 e. The molecule has 0 spiro atoms. The molecule has 0 amide bonds. The molecule has 61 valence electrons. The van der Waals surface area contributed by atoms with E-state index in [9.17, 15) is 5.11 Å². The van der Waals surface area contributed by atoms with E-state index < -0.39 is 0 Å². The van der Waals surface area contributed by atoms with Gasteiger partial charge in [-0.15, -0.1) is 0 Å². The summed E-state index contributed by atoms with van der Waals surface area (Å²) in [5, 5.41) is 10.2. The lowest BCUT2D eigenvalue weighted by molar-refractivity contribution is 0.165. The molecule has 0 atom stereocenters. The summed E-state index contributed by atoms with van der Waals surface area (Å²) in [6.45, 7) is 6.77. The maximum Gasteiger partial charge on any atom is 0.0822 e. The van der Waals surface area contributed by atoms with Gasteiger partial charge in [-0.05, 0) is 24.7 Å². The van der Waals surface area contributed by atoms with Gasteiger partial charge in [-0.3, -0.25) is 0 Å². The first-order valence-electron chi connectivity index (χ1n) is 4.20. The van der Waals surface area contributed by atoms with Gasteiger partial charge in [-0.25, -0.2) is 5.11 Å². The Morgan fingerprint density at radius 2 is 1.80 bits per heavy atom. The summed E-state index contributed by atoms with van der Waals surface area (Å²) >= 11 is 0. The van der Waals surface area contributed by atoms with Crippen LogP contribution in [0.2, 0.25) is 0 Å². The zero-order valence-corrected chi connectivity index (χ0v) is 7.44. The monoisotopic (exact) mass is 143 g/mol. The van der Waals surface area contributed by atoms with Crippen LogP contribution in [-0.4, -0.2) is 6.61 Å². The SMILES string of the molecule is CCCC(C)(C)CCC[O]. The van der Waals surface area contributed by atoms with E-state index in [0.29, 0.717) is 5.41 Å². The molecule has 0 fully saturated rings. The second kappa shape index (κ2) is 4.73. The molecule has 0 heterocycles. The molecule has 0 aliphatic rings. The highest BCUT2D eigenvalue weighted by Gasteiger charge is 2.14. The van der Waals surface area contributed by atoms with Crippen molar-refractivity contribution in [2.45, 2.75) is 46.5 Å². The Morgan fingerprint density at radius 1 is 1.20 bits per heavy atom. The molecular formula is C9H19O. The summed E-state index contributed by atoms with van der Waals surface area (Å²) in [5.41, 5.74) is 0.402.